The number of hydrogen-bond acceptors (Lipinski definition) is 5. The molecule has 0 aliphatic rings. The predicted octanol–water partition coefficient (Wildman–Crippen LogP) is 2.05. The van der Waals surface area contributed by atoms with Crippen molar-refractivity contribution in [3.8, 4) is 10.4 Å². The third-order valence-electron chi connectivity index (χ3n) is 2.58. The van der Waals surface area contributed by atoms with Crippen molar-refractivity contribution in [2.75, 3.05) is 5.73 Å². The van der Waals surface area contributed by atoms with E-state index in [2.05, 4.69) is 15.1 Å². The smallest absolute Gasteiger partial charge is 0.254 e. The van der Waals surface area contributed by atoms with Crippen LogP contribution in [0.3, 0.4) is 0 Å². The highest BCUT2D eigenvalue weighted by Crippen LogP contribution is 2.31. The van der Waals surface area contributed by atoms with Gasteiger partial charge in [0.15, 0.2) is 0 Å². The van der Waals surface area contributed by atoms with Crippen molar-refractivity contribution in [3.05, 3.63) is 29.0 Å². The van der Waals surface area contributed by atoms with Gasteiger partial charge in [-0.05, 0) is 25.3 Å². The molecule has 0 aliphatic heterocycles. The summed E-state index contributed by atoms with van der Waals surface area (Å²) in [6.45, 7) is 3.77. The molecule has 3 aromatic heterocycles. The summed E-state index contributed by atoms with van der Waals surface area (Å²) in [6.07, 6.45) is 0. The second kappa shape index (κ2) is 3.53. The fraction of sp³-hybridized carbons (Fsp3) is 0.182. The van der Waals surface area contributed by atoms with E-state index in [1.807, 2.05) is 31.4 Å². The molecule has 3 heterocycles. The first-order valence-electron chi connectivity index (χ1n) is 5.20. The maximum absolute atomic E-state index is 6.15. The van der Waals surface area contributed by atoms with E-state index >= 15 is 0 Å². The van der Waals surface area contributed by atoms with E-state index in [1.54, 1.807) is 15.9 Å². The summed E-state index contributed by atoms with van der Waals surface area (Å²) in [5.41, 5.74) is 7.97. The van der Waals surface area contributed by atoms with Gasteiger partial charge in [0, 0.05) is 4.88 Å². The Kier molecular flexibility index (Phi) is 2.12. The van der Waals surface area contributed by atoms with E-state index in [4.69, 9.17) is 5.73 Å². The number of hydrogen-bond donors (Lipinski definition) is 1. The average Bonchev–Trinajstić information content (AvgIpc) is 2.87. The lowest BCUT2D eigenvalue weighted by Crippen LogP contribution is -2.05. The predicted molar refractivity (Wildman–Crippen MR) is 68.0 cm³/mol. The average molecular weight is 245 g/mol. The fourth-order valence-electron chi connectivity index (χ4n) is 1.86. The molecule has 0 saturated carbocycles. The van der Waals surface area contributed by atoms with Crippen molar-refractivity contribution < 1.29 is 0 Å². The van der Waals surface area contributed by atoms with E-state index in [1.165, 1.54) is 0 Å². The highest BCUT2D eigenvalue weighted by molar-refractivity contribution is 7.13. The van der Waals surface area contributed by atoms with Crippen molar-refractivity contribution >= 4 is 22.9 Å². The van der Waals surface area contributed by atoms with E-state index in [0.717, 1.165) is 16.1 Å². The molecule has 5 nitrogen and oxygen atoms in total. The second-order valence-corrected chi connectivity index (χ2v) is 4.75. The van der Waals surface area contributed by atoms with Crippen LogP contribution in [0, 0.1) is 13.8 Å². The Morgan fingerprint density at radius 1 is 1.29 bits per heavy atom. The van der Waals surface area contributed by atoms with Gasteiger partial charge < -0.3 is 5.73 Å². The van der Waals surface area contributed by atoms with Crippen LogP contribution < -0.4 is 5.73 Å². The molecule has 3 aromatic rings. The van der Waals surface area contributed by atoms with Crippen LogP contribution in [0.25, 0.3) is 16.2 Å². The van der Waals surface area contributed by atoms with E-state index in [0.29, 0.717) is 17.4 Å². The molecule has 0 bridgehead atoms. The SMILES string of the molecule is Cc1nc2nc(C)c(-c3cccs3)c(N)n2n1. The van der Waals surface area contributed by atoms with Gasteiger partial charge in [-0.2, -0.15) is 9.50 Å². The van der Waals surface area contributed by atoms with Crippen molar-refractivity contribution in [1.29, 1.82) is 0 Å². The number of nitrogens with two attached hydrogens (primary N) is 1. The molecule has 0 spiro atoms. The van der Waals surface area contributed by atoms with E-state index in [9.17, 15) is 0 Å². The molecule has 0 atom stereocenters. The summed E-state index contributed by atoms with van der Waals surface area (Å²) in [5.74, 6) is 1.82. The number of aromatic nitrogens is 4. The van der Waals surface area contributed by atoms with Gasteiger partial charge in [0.1, 0.15) is 11.6 Å². The van der Waals surface area contributed by atoms with Gasteiger partial charge in [0.05, 0.1) is 11.3 Å². The quantitative estimate of drug-likeness (QED) is 0.712. The molecule has 86 valence electrons. The molecule has 2 N–H and O–H groups in total. The molecule has 0 unspecified atom stereocenters. The van der Waals surface area contributed by atoms with Gasteiger partial charge in [-0.25, -0.2) is 4.98 Å². The fourth-order valence-corrected chi connectivity index (χ4v) is 2.69. The van der Waals surface area contributed by atoms with Gasteiger partial charge in [-0.1, -0.05) is 6.07 Å². The van der Waals surface area contributed by atoms with Gasteiger partial charge >= 0.3 is 0 Å². The maximum atomic E-state index is 6.15. The molecule has 0 radical (unpaired) electrons. The summed E-state index contributed by atoms with van der Waals surface area (Å²) in [5, 5.41) is 6.27. The Labute approximate surface area is 102 Å². The van der Waals surface area contributed by atoms with Crippen molar-refractivity contribution in [2.45, 2.75) is 13.8 Å². The first kappa shape index (κ1) is 10.2. The highest BCUT2D eigenvalue weighted by atomic mass is 32.1. The summed E-state index contributed by atoms with van der Waals surface area (Å²) in [6, 6.07) is 4.02. The molecule has 0 aliphatic carbocycles. The Bertz CT molecular complexity index is 684. The zero-order valence-corrected chi connectivity index (χ0v) is 10.3. The molecule has 0 saturated heterocycles. The molecular weight excluding hydrogens is 234 g/mol. The first-order chi connectivity index (χ1) is 8.16. The lowest BCUT2D eigenvalue weighted by molar-refractivity contribution is 0.923. The Morgan fingerprint density at radius 2 is 2.12 bits per heavy atom. The van der Waals surface area contributed by atoms with E-state index in [-0.39, 0.29) is 0 Å². The number of thiophene rings is 1. The third kappa shape index (κ3) is 1.49. The zero-order valence-electron chi connectivity index (χ0n) is 9.51. The summed E-state index contributed by atoms with van der Waals surface area (Å²) in [7, 11) is 0. The maximum Gasteiger partial charge on any atom is 0.254 e. The topological polar surface area (TPSA) is 69.1 Å². The number of nitrogens with zero attached hydrogens (tertiary/aromatic N) is 4. The van der Waals surface area contributed by atoms with Gasteiger partial charge in [0.25, 0.3) is 5.78 Å². The number of rotatable bonds is 1. The molecule has 6 heteroatoms. The molecule has 0 fully saturated rings. The van der Waals surface area contributed by atoms with Crippen molar-refractivity contribution in [2.24, 2.45) is 0 Å². The molecular formula is C11H11N5S. The Balaban J connectivity index is 2.39. The molecule has 3 rings (SSSR count). The summed E-state index contributed by atoms with van der Waals surface area (Å²) < 4.78 is 1.59. The standard InChI is InChI=1S/C11H11N5S/c1-6-9(8-4-3-5-17-8)10(12)16-11(13-6)14-7(2)15-16/h3-5H,12H2,1-2H3. The van der Waals surface area contributed by atoms with Gasteiger partial charge in [0.2, 0.25) is 0 Å². The van der Waals surface area contributed by atoms with Crippen LogP contribution in [0.15, 0.2) is 17.5 Å². The van der Waals surface area contributed by atoms with Crippen LogP contribution in [-0.2, 0) is 0 Å². The first-order valence-corrected chi connectivity index (χ1v) is 6.08. The molecule has 0 aromatic carbocycles. The lowest BCUT2D eigenvalue weighted by Gasteiger charge is -2.07. The Hall–Kier alpha value is -1.95. The van der Waals surface area contributed by atoms with Crippen molar-refractivity contribution in [1.82, 2.24) is 19.6 Å². The largest absolute Gasteiger partial charge is 0.383 e. The van der Waals surface area contributed by atoms with Crippen LogP contribution in [0.4, 0.5) is 5.82 Å². The molecule has 17 heavy (non-hydrogen) atoms. The monoisotopic (exact) mass is 245 g/mol. The number of aryl methyl sites for hydroxylation is 2. The highest BCUT2D eigenvalue weighted by Gasteiger charge is 2.14. The van der Waals surface area contributed by atoms with Gasteiger partial charge in [-0.15, -0.1) is 16.4 Å². The summed E-state index contributed by atoms with van der Waals surface area (Å²) in [4.78, 5) is 9.75. The molecule has 0 amide bonds. The number of fused-ring (bicyclic) bond motifs is 1. The normalized spacial score (nSPS) is 11.2. The minimum absolute atomic E-state index is 0.554. The Morgan fingerprint density at radius 3 is 2.82 bits per heavy atom. The van der Waals surface area contributed by atoms with Crippen LogP contribution in [0.5, 0.6) is 0 Å². The van der Waals surface area contributed by atoms with Crippen LogP contribution in [-0.4, -0.2) is 19.6 Å². The van der Waals surface area contributed by atoms with Gasteiger partial charge in [-0.3, -0.25) is 0 Å². The third-order valence-corrected chi connectivity index (χ3v) is 3.46. The second-order valence-electron chi connectivity index (χ2n) is 3.81. The van der Waals surface area contributed by atoms with Crippen molar-refractivity contribution in [3.63, 3.8) is 0 Å². The zero-order chi connectivity index (χ0) is 12.0. The minimum atomic E-state index is 0.554. The van der Waals surface area contributed by atoms with Crippen LogP contribution in [0.1, 0.15) is 11.5 Å². The number of nitrogen functional groups attached to an aromatic ring is 1. The van der Waals surface area contributed by atoms with Crippen LogP contribution in [0.2, 0.25) is 0 Å². The van der Waals surface area contributed by atoms with Crippen LogP contribution >= 0.6 is 11.3 Å². The van der Waals surface area contributed by atoms with E-state index < -0.39 is 0 Å². The lowest BCUT2D eigenvalue weighted by atomic mass is 10.2. The number of anilines is 1. The summed E-state index contributed by atoms with van der Waals surface area (Å²) >= 11 is 1.64. The minimum Gasteiger partial charge on any atom is -0.383 e.